The lowest BCUT2D eigenvalue weighted by Crippen LogP contribution is -2.46. The molecule has 2 heterocycles. The van der Waals surface area contributed by atoms with Gasteiger partial charge in [0, 0.05) is 55.3 Å². The largest absolute Gasteiger partial charge is 0.427 e. The van der Waals surface area contributed by atoms with E-state index >= 15 is 0 Å². The predicted molar refractivity (Wildman–Crippen MR) is 120 cm³/mol. The van der Waals surface area contributed by atoms with Crippen LogP contribution in [-0.2, 0) is 4.79 Å². The Kier molecular flexibility index (Phi) is 6.35. The van der Waals surface area contributed by atoms with Gasteiger partial charge in [-0.1, -0.05) is 6.07 Å². The van der Waals surface area contributed by atoms with Crippen molar-refractivity contribution in [2.45, 2.75) is 25.8 Å². The van der Waals surface area contributed by atoms with Gasteiger partial charge < -0.3 is 19.5 Å². The molecule has 164 valence electrons. The molecule has 0 unspecified atom stereocenters. The van der Waals surface area contributed by atoms with Crippen LogP contribution < -0.4 is 10.1 Å². The topological polar surface area (TPSA) is 80.6 Å². The second-order valence-corrected chi connectivity index (χ2v) is 7.80. The standard InChI is InChI=1S/C25H25N3O4/c1-18(29)32-23-6-4-5-20(17-23)24(30)26-21-11-15-28(16-12-21)25(31)19-7-9-22(10-8-19)27-13-2-3-14-27/h2-10,13-14,17,21H,11-12,15-16H2,1H3,(H,26,30). The molecule has 2 aromatic carbocycles. The molecule has 1 aliphatic heterocycles. The third-order valence-electron chi connectivity index (χ3n) is 5.49. The van der Waals surface area contributed by atoms with Crippen molar-refractivity contribution in [1.82, 2.24) is 14.8 Å². The van der Waals surface area contributed by atoms with Gasteiger partial charge in [-0.05, 0) is 67.4 Å². The van der Waals surface area contributed by atoms with Gasteiger partial charge in [0.2, 0.25) is 0 Å². The van der Waals surface area contributed by atoms with Crippen molar-refractivity contribution in [3.63, 3.8) is 0 Å². The van der Waals surface area contributed by atoms with E-state index in [1.54, 1.807) is 24.3 Å². The second kappa shape index (κ2) is 9.51. The summed E-state index contributed by atoms with van der Waals surface area (Å²) in [4.78, 5) is 38.4. The number of nitrogens with one attached hydrogen (secondary N) is 1. The molecule has 0 saturated carbocycles. The number of likely N-dealkylation sites (tertiary alicyclic amines) is 1. The third kappa shape index (κ3) is 5.06. The maximum Gasteiger partial charge on any atom is 0.308 e. The molecule has 0 bridgehead atoms. The first-order valence-corrected chi connectivity index (χ1v) is 10.6. The summed E-state index contributed by atoms with van der Waals surface area (Å²) in [6, 6.07) is 18.0. The van der Waals surface area contributed by atoms with Gasteiger partial charge in [-0.25, -0.2) is 0 Å². The van der Waals surface area contributed by atoms with Crippen LogP contribution in [0.3, 0.4) is 0 Å². The zero-order valence-corrected chi connectivity index (χ0v) is 17.9. The minimum atomic E-state index is -0.432. The number of hydrogen-bond acceptors (Lipinski definition) is 4. The molecule has 3 aromatic rings. The fraction of sp³-hybridized carbons (Fsp3) is 0.240. The quantitative estimate of drug-likeness (QED) is 0.496. The van der Waals surface area contributed by atoms with Gasteiger partial charge in [-0.2, -0.15) is 0 Å². The summed E-state index contributed by atoms with van der Waals surface area (Å²) in [5.41, 5.74) is 2.10. The average molecular weight is 431 g/mol. The Hall–Kier alpha value is -3.87. The Morgan fingerprint density at radius 3 is 2.25 bits per heavy atom. The summed E-state index contributed by atoms with van der Waals surface area (Å²) in [5, 5.41) is 3.02. The first-order chi connectivity index (χ1) is 15.5. The van der Waals surface area contributed by atoms with Gasteiger partial charge in [-0.3, -0.25) is 14.4 Å². The smallest absolute Gasteiger partial charge is 0.308 e. The molecule has 4 rings (SSSR count). The molecule has 0 spiro atoms. The molecule has 1 fully saturated rings. The number of esters is 1. The van der Waals surface area contributed by atoms with Crippen molar-refractivity contribution in [1.29, 1.82) is 0 Å². The number of nitrogens with zero attached hydrogens (tertiary/aromatic N) is 2. The first kappa shape index (κ1) is 21.4. The fourth-order valence-corrected chi connectivity index (χ4v) is 3.83. The number of benzene rings is 2. The van der Waals surface area contributed by atoms with E-state index in [9.17, 15) is 14.4 Å². The fourth-order valence-electron chi connectivity index (χ4n) is 3.83. The number of piperidine rings is 1. The highest BCUT2D eigenvalue weighted by Crippen LogP contribution is 2.18. The monoisotopic (exact) mass is 431 g/mol. The van der Waals surface area contributed by atoms with E-state index in [1.165, 1.54) is 6.92 Å². The normalized spacial score (nSPS) is 14.1. The van der Waals surface area contributed by atoms with Crippen LogP contribution in [0.1, 0.15) is 40.5 Å². The van der Waals surface area contributed by atoms with Gasteiger partial charge in [0.25, 0.3) is 11.8 Å². The highest BCUT2D eigenvalue weighted by molar-refractivity contribution is 5.95. The number of carbonyl (C=O) groups excluding carboxylic acids is 3. The highest BCUT2D eigenvalue weighted by Gasteiger charge is 2.25. The molecule has 0 aliphatic carbocycles. The summed E-state index contributed by atoms with van der Waals surface area (Å²) in [5.74, 6) is -0.306. The molecular formula is C25H25N3O4. The lowest BCUT2D eigenvalue weighted by molar-refractivity contribution is -0.131. The minimum absolute atomic E-state index is 0.00270. The van der Waals surface area contributed by atoms with Crippen LogP contribution in [0.4, 0.5) is 0 Å². The zero-order valence-electron chi connectivity index (χ0n) is 17.9. The van der Waals surface area contributed by atoms with Gasteiger partial charge in [0.1, 0.15) is 5.75 Å². The maximum absolute atomic E-state index is 12.9. The van der Waals surface area contributed by atoms with Crippen LogP contribution in [-0.4, -0.2) is 46.4 Å². The molecule has 32 heavy (non-hydrogen) atoms. The Morgan fingerprint density at radius 1 is 0.906 bits per heavy atom. The van der Waals surface area contributed by atoms with Gasteiger partial charge in [0.05, 0.1) is 0 Å². The van der Waals surface area contributed by atoms with Crippen LogP contribution in [0.25, 0.3) is 5.69 Å². The summed E-state index contributed by atoms with van der Waals surface area (Å²) in [6.07, 6.45) is 5.29. The SMILES string of the molecule is CC(=O)Oc1cccc(C(=O)NC2CCN(C(=O)c3ccc(-n4cccc4)cc3)CC2)c1. The Morgan fingerprint density at radius 2 is 1.59 bits per heavy atom. The molecular weight excluding hydrogens is 406 g/mol. The zero-order chi connectivity index (χ0) is 22.5. The van der Waals surface area contributed by atoms with E-state index in [4.69, 9.17) is 4.74 Å². The molecule has 0 atom stereocenters. The number of ether oxygens (including phenoxy) is 1. The van der Waals surface area contributed by atoms with Crippen molar-refractivity contribution < 1.29 is 19.1 Å². The van der Waals surface area contributed by atoms with E-state index in [-0.39, 0.29) is 17.9 Å². The second-order valence-electron chi connectivity index (χ2n) is 7.80. The van der Waals surface area contributed by atoms with Crippen LogP contribution in [0.2, 0.25) is 0 Å². The maximum atomic E-state index is 12.9. The third-order valence-corrected chi connectivity index (χ3v) is 5.49. The average Bonchev–Trinajstić information content (AvgIpc) is 3.34. The van der Waals surface area contributed by atoms with Crippen LogP contribution in [0.15, 0.2) is 73.1 Å². The molecule has 0 radical (unpaired) electrons. The minimum Gasteiger partial charge on any atom is -0.427 e. The van der Waals surface area contributed by atoms with Gasteiger partial charge in [0.15, 0.2) is 0 Å². The van der Waals surface area contributed by atoms with E-state index in [1.807, 2.05) is 58.3 Å². The lowest BCUT2D eigenvalue weighted by atomic mass is 10.0. The van der Waals surface area contributed by atoms with Crippen molar-refractivity contribution in [2.75, 3.05) is 13.1 Å². The lowest BCUT2D eigenvalue weighted by Gasteiger charge is -2.32. The van der Waals surface area contributed by atoms with Crippen molar-refractivity contribution in [3.05, 3.63) is 84.2 Å². The molecule has 1 aromatic heterocycles. The number of hydrogen-bond donors (Lipinski definition) is 1. The molecule has 2 amide bonds. The van der Waals surface area contributed by atoms with E-state index in [0.717, 1.165) is 5.69 Å². The van der Waals surface area contributed by atoms with E-state index < -0.39 is 5.97 Å². The van der Waals surface area contributed by atoms with Crippen LogP contribution in [0.5, 0.6) is 5.75 Å². The van der Waals surface area contributed by atoms with Gasteiger partial charge in [-0.15, -0.1) is 0 Å². The number of amides is 2. The summed E-state index contributed by atoms with van der Waals surface area (Å²) in [6.45, 7) is 2.48. The van der Waals surface area contributed by atoms with Crippen molar-refractivity contribution in [3.8, 4) is 11.4 Å². The molecule has 7 nitrogen and oxygen atoms in total. The molecule has 1 saturated heterocycles. The summed E-state index contributed by atoms with van der Waals surface area (Å²) in [7, 11) is 0. The Labute approximate surface area is 186 Å². The Balaban J connectivity index is 1.30. The Bertz CT molecular complexity index is 1100. The summed E-state index contributed by atoms with van der Waals surface area (Å²) >= 11 is 0. The highest BCUT2D eigenvalue weighted by atomic mass is 16.5. The number of rotatable bonds is 5. The predicted octanol–water partition coefficient (Wildman–Crippen LogP) is 3.44. The van der Waals surface area contributed by atoms with Crippen LogP contribution >= 0.6 is 0 Å². The molecule has 7 heteroatoms. The van der Waals surface area contributed by atoms with Gasteiger partial charge >= 0.3 is 5.97 Å². The van der Waals surface area contributed by atoms with Crippen LogP contribution in [0, 0.1) is 0 Å². The first-order valence-electron chi connectivity index (χ1n) is 10.6. The van der Waals surface area contributed by atoms with E-state index in [0.29, 0.717) is 42.8 Å². The molecule has 1 N–H and O–H groups in total. The molecule has 1 aliphatic rings. The number of carbonyl (C=O) groups is 3. The van der Waals surface area contributed by atoms with Crippen molar-refractivity contribution in [2.24, 2.45) is 0 Å². The summed E-state index contributed by atoms with van der Waals surface area (Å²) < 4.78 is 7.03. The van der Waals surface area contributed by atoms with E-state index in [2.05, 4.69) is 5.32 Å². The number of aromatic nitrogens is 1. The van der Waals surface area contributed by atoms with Crippen molar-refractivity contribution >= 4 is 17.8 Å².